The van der Waals surface area contributed by atoms with E-state index in [1.807, 2.05) is 43.3 Å². The molecule has 0 heterocycles. The molecule has 1 N–H and O–H groups in total. The quantitative estimate of drug-likeness (QED) is 0.565. The molecule has 5 nitrogen and oxygen atoms in total. The Labute approximate surface area is 195 Å². The van der Waals surface area contributed by atoms with Gasteiger partial charge in [0.15, 0.2) is 0 Å². The van der Waals surface area contributed by atoms with Gasteiger partial charge in [0.25, 0.3) is 0 Å². The molecule has 1 fully saturated rings. The largest absolute Gasteiger partial charge is 0.497 e. The molecule has 0 aromatic heterocycles. The van der Waals surface area contributed by atoms with Gasteiger partial charge in [0.2, 0.25) is 11.8 Å². The third-order valence-corrected chi connectivity index (χ3v) is 7.09. The van der Waals surface area contributed by atoms with Crippen LogP contribution >= 0.6 is 11.8 Å². The van der Waals surface area contributed by atoms with E-state index in [9.17, 15) is 9.59 Å². The van der Waals surface area contributed by atoms with E-state index in [1.165, 1.54) is 11.1 Å². The average Bonchev–Trinajstić information content (AvgIpc) is 3.31. The molecule has 0 radical (unpaired) electrons. The summed E-state index contributed by atoms with van der Waals surface area (Å²) < 4.78 is 5.24. The van der Waals surface area contributed by atoms with E-state index in [1.54, 1.807) is 23.8 Å². The lowest BCUT2D eigenvalue weighted by atomic mass is 10.1. The maximum Gasteiger partial charge on any atom is 0.242 e. The summed E-state index contributed by atoms with van der Waals surface area (Å²) in [7, 11) is 1.63. The van der Waals surface area contributed by atoms with E-state index >= 15 is 0 Å². The van der Waals surface area contributed by atoms with Crippen LogP contribution in [-0.4, -0.2) is 41.7 Å². The summed E-state index contributed by atoms with van der Waals surface area (Å²) in [5, 5.41) is 3.15. The Hall–Kier alpha value is -2.47. The van der Waals surface area contributed by atoms with Crippen molar-refractivity contribution in [3.8, 4) is 5.75 Å². The predicted molar refractivity (Wildman–Crippen MR) is 131 cm³/mol. The van der Waals surface area contributed by atoms with Crippen LogP contribution in [0.3, 0.4) is 0 Å². The van der Waals surface area contributed by atoms with Crippen LogP contribution < -0.4 is 10.1 Å². The van der Waals surface area contributed by atoms with Gasteiger partial charge in [-0.05, 0) is 55.5 Å². The summed E-state index contributed by atoms with van der Waals surface area (Å²) >= 11 is 1.59. The van der Waals surface area contributed by atoms with Gasteiger partial charge < -0.3 is 15.0 Å². The minimum Gasteiger partial charge on any atom is -0.497 e. The van der Waals surface area contributed by atoms with Crippen LogP contribution in [0.25, 0.3) is 0 Å². The number of nitrogens with one attached hydrogen (secondary N) is 1. The first-order valence-corrected chi connectivity index (χ1v) is 12.5. The molecule has 0 spiro atoms. The number of amides is 2. The monoisotopic (exact) mass is 454 g/mol. The van der Waals surface area contributed by atoms with Crippen LogP contribution in [0, 0.1) is 6.92 Å². The molecule has 3 rings (SSSR count). The second-order valence-corrected chi connectivity index (χ2v) is 9.44. The number of ether oxygens (including phenoxy) is 1. The van der Waals surface area contributed by atoms with E-state index in [-0.39, 0.29) is 17.9 Å². The van der Waals surface area contributed by atoms with Crippen molar-refractivity contribution in [3.63, 3.8) is 0 Å². The van der Waals surface area contributed by atoms with Crippen molar-refractivity contribution in [2.45, 2.75) is 63.9 Å². The zero-order valence-electron chi connectivity index (χ0n) is 19.3. The van der Waals surface area contributed by atoms with E-state index < -0.39 is 6.04 Å². The third-order valence-electron chi connectivity index (χ3n) is 6.13. The van der Waals surface area contributed by atoms with Gasteiger partial charge in [-0.15, -0.1) is 11.8 Å². The molecule has 32 heavy (non-hydrogen) atoms. The van der Waals surface area contributed by atoms with Crippen molar-refractivity contribution < 1.29 is 14.3 Å². The molecule has 0 saturated heterocycles. The van der Waals surface area contributed by atoms with E-state index in [4.69, 9.17) is 4.74 Å². The van der Waals surface area contributed by atoms with E-state index in [0.29, 0.717) is 12.3 Å². The minimum atomic E-state index is -0.524. The average molecular weight is 455 g/mol. The Morgan fingerprint density at radius 2 is 1.81 bits per heavy atom. The van der Waals surface area contributed by atoms with Crippen molar-refractivity contribution in [3.05, 3.63) is 65.2 Å². The zero-order chi connectivity index (χ0) is 22.9. The fourth-order valence-corrected chi connectivity index (χ4v) is 4.99. The van der Waals surface area contributed by atoms with Crippen LogP contribution in [0.4, 0.5) is 0 Å². The van der Waals surface area contributed by atoms with Crippen LogP contribution in [0.2, 0.25) is 0 Å². The summed E-state index contributed by atoms with van der Waals surface area (Å²) in [6.07, 6.45) is 4.36. The summed E-state index contributed by atoms with van der Waals surface area (Å²) in [4.78, 5) is 27.9. The highest BCUT2D eigenvalue weighted by Gasteiger charge is 2.28. The van der Waals surface area contributed by atoms with Crippen LogP contribution in [0.5, 0.6) is 5.75 Å². The number of rotatable bonds is 10. The van der Waals surface area contributed by atoms with Gasteiger partial charge in [0.05, 0.1) is 12.9 Å². The minimum absolute atomic E-state index is 0.0199. The fourth-order valence-electron chi connectivity index (χ4n) is 4.01. The zero-order valence-corrected chi connectivity index (χ0v) is 20.1. The number of aryl methyl sites for hydroxylation is 1. The normalized spacial score (nSPS) is 14.7. The molecule has 2 amide bonds. The first-order valence-electron chi connectivity index (χ1n) is 11.3. The Balaban J connectivity index is 1.66. The molecule has 0 bridgehead atoms. The highest BCUT2D eigenvalue weighted by Crippen LogP contribution is 2.21. The summed E-state index contributed by atoms with van der Waals surface area (Å²) in [5.74, 6) is 1.80. The standard InChI is InChI=1S/C26H34N2O3S/c1-19-8-4-5-9-22(19)17-32-18-25(29)28(16-21-12-14-24(31-3)15-13-21)20(2)26(30)27-23-10-6-7-11-23/h4-5,8-9,12-15,20,23H,6-7,10-11,16-18H2,1-3H3,(H,27,30)/t20-/m1/s1. The van der Waals surface area contributed by atoms with Crippen LogP contribution in [0.15, 0.2) is 48.5 Å². The highest BCUT2D eigenvalue weighted by molar-refractivity contribution is 7.99. The lowest BCUT2D eigenvalue weighted by Gasteiger charge is -2.29. The second-order valence-electron chi connectivity index (χ2n) is 8.45. The molecule has 0 unspecified atom stereocenters. The van der Waals surface area contributed by atoms with Crippen LogP contribution in [0.1, 0.15) is 49.3 Å². The molecule has 172 valence electrons. The van der Waals surface area contributed by atoms with E-state index in [0.717, 1.165) is 42.7 Å². The van der Waals surface area contributed by atoms with Gasteiger partial charge >= 0.3 is 0 Å². The number of carbonyl (C=O) groups excluding carboxylic acids is 2. The Morgan fingerprint density at radius 1 is 1.12 bits per heavy atom. The summed E-state index contributed by atoms with van der Waals surface area (Å²) in [6, 6.07) is 15.6. The molecular weight excluding hydrogens is 420 g/mol. The second kappa shape index (κ2) is 12.0. The molecule has 1 saturated carbocycles. The maximum absolute atomic E-state index is 13.2. The van der Waals surface area contributed by atoms with Gasteiger partial charge in [-0.25, -0.2) is 0 Å². The molecule has 6 heteroatoms. The number of thioether (sulfide) groups is 1. The molecular formula is C26H34N2O3S. The van der Waals surface area contributed by atoms with Gasteiger partial charge in [0.1, 0.15) is 11.8 Å². The number of benzene rings is 2. The molecule has 2 aromatic carbocycles. The lowest BCUT2D eigenvalue weighted by Crippen LogP contribution is -2.50. The number of hydrogen-bond acceptors (Lipinski definition) is 4. The molecule has 0 aliphatic heterocycles. The molecule has 1 aliphatic rings. The van der Waals surface area contributed by atoms with Crippen molar-refractivity contribution in [1.82, 2.24) is 10.2 Å². The Bertz CT molecular complexity index is 894. The van der Waals surface area contributed by atoms with Crippen molar-refractivity contribution in [2.24, 2.45) is 0 Å². The van der Waals surface area contributed by atoms with E-state index in [2.05, 4.69) is 24.4 Å². The predicted octanol–water partition coefficient (Wildman–Crippen LogP) is 4.71. The van der Waals surface area contributed by atoms with Crippen molar-refractivity contribution in [1.29, 1.82) is 0 Å². The number of nitrogens with zero attached hydrogens (tertiary/aromatic N) is 1. The molecule has 1 aliphatic carbocycles. The van der Waals surface area contributed by atoms with Gasteiger partial charge in [-0.3, -0.25) is 9.59 Å². The van der Waals surface area contributed by atoms with Gasteiger partial charge in [-0.2, -0.15) is 0 Å². The molecule has 2 aromatic rings. The van der Waals surface area contributed by atoms with Crippen LogP contribution in [-0.2, 0) is 21.9 Å². The van der Waals surface area contributed by atoms with Gasteiger partial charge in [-0.1, -0.05) is 49.2 Å². The van der Waals surface area contributed by atoms with Gasteiger partial charge in [0, 0.05) is 18.3 Å². The summed E-state index contributed by atoms with van der Waals surface area (Å²) in [6.45, 7) is 4.31. The third kappa shape index (κ3) is 6.76. The Kier molecular flexibility index (Phi) is 9.03. The number of methoxy groups -OCH3 is 1. The Morgan fingerprint density at radius 3 is 2.47 bits per heavy atom. The van der Waals surface area contributed by atoms with Crippen molar-refractivity contribution >= 4 is 23.6 Å². The molecule has 1 atom stereocenters. The highest BCUT2D eigenvalue weighted by atomic mass is 32.2. The first kappa shape index (κ1) is 24.2. The SMILES string of the molecule is COc1ccc(CN(C(=O)CSCc2ccccc2C)[C@H](C)C(=O)NC2CCCC2)cc1. The topological polar surface area (TPSA) is 58.6 Å². The fraction of sp³-hybridized carbons (Fsp3) is 0.462. The first-order chi connectivity index (χ1) is 15.5. The maximum atomic E-state index is 13.2. The smallest absolute Gasteiger partial charge is 0.242 e. The van der Waals surface area contributed by atoms with Crippen molar-refractivity contribution in [2.75, 3.05) is 12.9 Å². The lowest BCUT2D eigenvalue weighted by molar-refractivity contribution is -0.138. The number of hydrogen-bond donors (Lipinski definition) is 1. The number of carbonyl (C=O) groups is 2. The summed E-state index contributed by atoms with van der Waals surface area (Å²) in [5.41, 5.74) is 3.44.